The molecule has 29 heavy (non-hydrogen) atoms. The number of benzene rings is 2. The highest BCUT2D eigenvalue weighted by Crippen LogP contribution is 2.44. The number of allylic oxidation sites excluding steroid dienone is 1. The van der Waals surface area contributed by atoms with Crippen LogP contribution in [0.3, 0.4) is 0 Å². The molecule has 144 valence electrons. The van der Waals surface area contributed by atoms with Gasteiger partial charge < -0.3 is 10.5 Å². The number of nitrogens with zero attached hydrogens (tertiary/aromatic N) is 4. The Bertz CT molecular complexity index is 1210. The Morgan fingerprint density at radius 2 is 2.03 bits per heavy atom. The van der Waals surface area contributed by atoms with E-state index < -0.39 is 10.8 Å². The van der Waals surface area contributed by atoms with Crippen LogP contribution in [0.2, 0.25) is 5.02 Å². The number of hydrogen-bond acceptors (Lipinski definition) is 6. The Balaban J connectivity index is 1.91. The fourth-order valence-electron chi connectivity index (χ4n) is 3.42. The normalized spacial score (nSPS) is 15.4. The summed E-state index contributed by atoms with van der Waals surface area (Å²) in [6.07, 6.45) is 0. The molecule has 9 heteroatoms. The molecule has 0 saturated carbocycles. The number of nitro groups is 1. The smallest absolute Gasteiger partial charge is 0.269 e. The molecule has 0 spiro atoms. The zero-order valence-electron chi connectivity index (χ0n) is 15.2. The first kappa shape index (κ1) is 18.5. The van der Waals surface area contributed by atoms with Crippen molar-refractivity contribution in [2.45, 2.75) is 12.8 Å². The van der Waals surface area contributed by atoms with E-state index in [1.165, 1.54) is 12.1 Å². The van der Waals surface area contributed by atoms with E-state index in [9.17, 15) is 15.4 Å². The summed E-state index contributed by atoms with van der Waals surface area (Å²) in [7, 11) is 0. The average Bonchev–Trinajstić information content (AvgIpc) is 3.03. The minimum Gasteiger partial charge on any atom is -0.422 e. The minimum atomic E-state index is -0.558. The summed E-state index contributed by atoms with van der Waals surface area (Å²) in [6.45, 7) is 1.80. The molecule has 2 heterocycles. The number of halogens is 1. The van der Waals surface area contributed by atoms with Gasteiger partial charge in [-0.15, -0.1) is 0 Å². The highest BCUT2D eigenvalue weighted by Gasteiger charge is 2.36. The number of non-ortho nitro benzene ring substituents is 1. The van der Waals surface area contributed by atoms with E-state index in [2.05, 4.69) is 11.2 Å². The van der Waals surface area contributed by atoms with E-state index in [4.69, 9.17) is 22.1 Å². The largest absolute Gasteiger partial charge is 0.422 e. The van der Waals surface area contributed by atoms with Gasteiger partial charge in [0.05, 0.1) is 27.8 Å². The number of nitro benzene ring substituents is 1. The fourth-order valence-corrected chi connectivity index (χ4v) is 3.60. The molecule has 0 aliphatic carbocycles. The van der Waals surface area contributed by atoms with Gasteiger partial charge in [-0.3, -0.25) is 10.1 Å². The van der Waals surface area contributed by atoms with Crippen molar-refractivity contribution < 1.29 is 9.66 Å². The third-order valence-corrected chi connectivity index (χ3v) is 4.96. The van der Waals surface area contributed by atoms with Crippen LogP contribution in [-0.2, 0) is 0 Å². The van der Waals surface area contributed by atoms with E-state index in [-0.39, 0.29) is 17.1 Å². The van der Waals surface area contributed by atoms with Crippen molar-refractivity contribution in [1.29, 1.82) is 5.26 Å². The second-order valence-corrected chi connectivity index (χ2v) is 6.91. The summed E-state index contributed by atoms with van der Waals surface area (Å²) in [4.78, 5) is 10.5. The molecule has 0 unspecified atom stereocenters. The zero-order chi connectivity index (χ0) is 20.7. The van der Waals surface area contributed by atoms with Crippen molar-refractivity contribution in [3.8, 4) is 17.6 Å². The molecule has 0 fully saturated rings. The monoisotopic (exact) mass is 407 g/mol. The predicted molar refractivity (Wildman–Crippen MR) is 106 cm³/mol. The number of ether oxygens (including phenoxy) is 1. The average molecular weight is 408 g/mol. The van der Waals surface area contributed by atoms with E-state index >= 15 is 0 Å². The van der Waals surface area contributed by atoms with Crippen molar-refractivity contribution in [3.05, 3.63) is 91.9 Å². The topological polar surface area (TPSA) is 120 Å². The van der Waals surface area contributed by atoms with Crippen LogP contribution in [0.15, 0.2) is 60.0 Å². The van der Waals surface area contributed by atoms with Gasteiger partial charge >= 0.3 is 0 Å². The molecule has 8 nitrogen and oxygen atoms in total. The third-order valence-electron chi connectivity index (χ3n) is 4.72. The molecule has 0 radical (unpaired) electrons. The summed E-state index contributed by atoms with van der Waals surface area (Å²) in [5, 5.41) is 25.8. The first-order valence-corrected chi connectivity index (χ1v) is 8.96. The third kappa shape index (κ3) is 3.07. The van der Waals surface area contributed by atoms with Crippen LogP contribution in [0, 0.1) is 28.4 Å². The summed E-state index contributed by atoms with van der Waals surface area (Å²) >= 11 is 6.11. The standard InChI is InChI=1S/C20H14ClN5O3/c1-11-17-18(12-5-7-14(8-6-12)26(27)28)16(10-22)19(23)29-20(17)25(24-11)15-4-2-3-13(21)9-15/h2-9,18H,23H2,1H3/t18-/m1/s1. The maximum atomic E-state index is 11.0. The van der Waals surface area contributed by atoms with Crippen molar-refractivity contribution in [1.82, 2.24) is 9.78 Å². The van der Waals surface area contributed by atoms with Crippen molar-refractivity contribution in [2.24, 2.45) is 5.73 Å². The molecule has 0 saturated heterocycles. The highest BCUT2D eigenvalue weighted by molar-refractivity contribution is 6.30. The SMILES string of the molecule is Cc1nn(-c2cccc(Cl)c2)c2c1[C@H](c1ccc([N+](=O)[O-])cc1)C(C#N)=C(N)O2. The van der Waals surface area contributed by atoms with Crippen LogP contribution in [0.25, 0.3) is 5.69 Å². The molecule has 2 N–H and O–H groups in total. The molecule has 1 atom stereocenters. The van der Waals surface area contributed by atoms with Gasteiger partial charge in [-0.25, -0.2) is 4.68 Å². The number of nitriles is 1. The van der Waals surface area contributed by atoms with E-state index in [0.29, 0.717) is 33.4 Å². The predicted octanol–water partition coefficient (Wildman–Crippen LogP) is 3.96. The van der Waals surface area contributed by atoms with Crippen molar-refractivity contribution >= 4 is 17.3 Å². The molecule has 1 aromatic heterocycles. The van der Waals surface area contributed by atoms with E-state index in [1.807, 2.05) is 6.07 Å². The Morgan fingerprint density at radius 1 is 1.31 bits per heavy atom. The molecule has 0 amide bonds. The Labute approximate surface area is 170 Å². The number of fused-ring (bicyclic) bond motifs is 1. The lowest BCUT2D eigenvalue weighted by Crippen LogP contribution is -2.22. The second-order valence-electron chi connectivity index (χ2n) is 6.47. The van der Waals surface area contributed by atoms with Gasteiger partial charge in [0.25, 0.3) is 5.69 Å². The lowest BCUT2D eigenvalue weighted by atomic mass is 9.84. The first-order chi connectivity index (χ1) is 13.9. The molecule has 1 aliphatic rings. The maximum absolute atomic E-state index is 11.0. The number of rotatable bonds is 3. The van der Waals surface area contributed by atoms with Gasteiger partial charge in [0.1, 0.15) is 11.6 Å². The molecule has 1 aliphatic heterocycles. The van der Waals surface area contributed by atoms with E-state index in [0.717, 1.165) is 0 Å². The fraction of sp³-hybridized carbons (Fsp3) is 0.100. The first-order valence-electron chi connectivity index (χ1n) is 8.58. The highest BCUT2D eigenvalue weighted by atomic mass is 35.5. The van der Waals surface area contributed by atoms with Crippen LogP contribution in [0.5, 0.6) is 5.88 Å². The van der Waals surface area contributed by atoms with Crippen LogP contribution in [-0.4, -0.2) is 14.7 Å². The summed E-state index contributed by atoms with van der Waals surface area (Å²) in [6, 6.07) is 15.2. The van der Waals surface area contributed by atoms with Gasteiger partial charge in [0, 0.05) is 17.2 Å². The lowest BCUT2D eigenvalue weighted by Gasteiger charge is -2.24. The number of aryl methyl sites for hydroxylation is 1. The van der Waals surface area contributed by atoms with Gasteiger partial charge in [0.2, 0.25) is 11.8 Å². The van der Waals surface area contributed by atoms with Gasteiger partial charge in [-0.2, -0.15) is 10.4 Å². The van der Waals surface area contributed by atoms with Gasteiger partial charge in [-0.1, -0.05) is 29.8 Å². The van der Waals surface area contributed by atoms with Gasteiger partial charge in [-0.05, 0) is 30.7 Å². The number of hydrogen-bond donors (Lipinski definition) is 1. The summed E-state index contributed by atoms with van der Waals surface area (Å²) in [5.41, 5.74) is 8.90. The molecular weight excluding hydrogens is 394 g/mol. The van der Waals surface area contributed by atoms with Gasteiger partial charge in [0.15, 0.2) is 0 Å². The van der Waals surface area contributed by atoms with E-state index in [1.54, 1.807) is 41.9 Å². The molecule has 3 aromatic rings. The van der Waals surface area contributed by atoms with Crippen molar-refractivity contribution in [2.75, 3.05) is 0 Å². The number of aromatic nitrogens is 2. The van der Waals surface area contributed by atoms with Crippen LogP contribution < -0.4 is 10.5 Å². The molecule has 0 bridgehead atoms. The Morgan fingerprint density at radius 3 is 2.66 bits per heavy atom. The van der Waals surface area contributed by atoms with Crippen LogP contribution >= 0.6 is 11.6 Å². The molecular formula is C20H14ClN5O3. The maximum Gasteiger partial charge on any atom is 0.269 e. The quantitative estimate of drug-likeness (QED) is 0.518. The lowest BCUT2D eigenvalue weighted by molar-refractivity contribution is -0.384. The second kappa shape index (κ2) is 6.96. The Kier molecular flexibility index (Phi) is 4.45. The van der Waals surface area contributed by atoms with Crippen LogP contribution in [0.4, 0.5) is 5.69 Å². The Hall–Kier alpha value is -3.83. The summed E-state index contributed by atoms with van der Waals surface area (Å²) in [5.74, 6) is -0.214. The minimum absolute atomic E-state index is 0.0356. The van der Waals surface area contributed by atoms with Crippen LogP contribution in [0.1, 0.15) is 22.7 Å². The molecule has 2 aromatic carbocycles. The van der Waals surface area contributed by atoms with Crippen molar-refractivity contribution in [3.63, 3.8) is 0 Å². The summed E-state index contributed by atoms with van der Waals surface area (Å²) < 4.78 is 7.36. The molecule has 4 rings (SSSR count). The number of nitrogens with two attached hydrogens (primary N) is 1. The zero-order valence-corrected chi connectivity index (χ0v) is 15.9.